The van der Waals surface area contributed by atoms with Crippen molar-refractivity contribution in [3.63, 3.8) is 0 Å². The first kappa shape index (κ1) is 15.3. The van der Waals surface area contributed by atoms with Gasteiger partial charge in [-0.25, -0.2) is 0 Å². The number of piperidine rings is 1. The minimum Gasteiger partial charge on any atom is -0.353 e. The second-order valence-corrected chi connectivity index (χ2v) is 6.10. The number of amides is 2. The summed E-state index contributed by atoms with van der Waals surface area (Å²) in [6, 6.07) is 0.455. The van der Waals surface area contributed by atoms with Gasteiger partial charge in [-0.3, -0.25) is 9.59 Å². The Hall–Kier alpha value is -1.10. The molecule has 0 spiro atoms. The summed E-state index contributed by atoms with van der Waals surface area (Å²) in [7, 11) is 0. The van der Waals surface area contributed by atoms with Crippen molar-refractivity contribution in [3.05, 3.63) is 0 Å². The molecule has 0 radical (unpaired) electrons. The van der Waals surface area contributed by atoms with Gasteiger partial charge < -0.3 is 15.5 Å². The van der Waals surface area contributed by atoms with Crippen LogP contribution in [0.15, 0.2) is 0 Å². The fourth-order valence-electron chi connectivity index (χ4n) is 2.82. The fourth-order valence-corrected chi connectivity index (χ4v) is 2.82. The van der Waals surface area contributed by atoms with Crippen LogP contribution >= 0.6 is 0 Å². The lowest BCUT2D eigenvalue weighted by Crippen LogP contribution is -2.47. The first-order valence-corrected chi connectivity index (χ1v) is 7.91. The third-order valence-electron chi connectivity index (χ3n) is 4.14. The molecule has 1 heterocycles. The van der Waals surface area contributed by atoms with Gasteiger partial charge in [0.1, 0.15) is 0 Å². The van der Waals surface area contributed by atoms with E-state index in [0.29, 0.717) is 18.2 Å². The lowest BCUT2D eigenvalue weighted by Gasteiger charge is -2.32. The average Bonchev–Trinajstić information content (AvgIpc) is 3.23. The van der Waals surface area contributed by atoms with Gasteiger partial charge in [0.15, 0.2) is 0 Å². The zero-order chi connectivity index (χ0) is 14.5. The van der Waals surface area contributed by atoms with Crippen LogP contribution in [0.3, 0.4) is 0 Å². The first-order valence-electron chi connectivity index (χ1n) is 7.91. The Kier molecular flexibility index (Phi) is 5.40. The van der Waals surface area contributed by atoms with Crippen LogP contribution in [0.2, 0.25) is 0 Å². The number of nitrogens with one attached hydrogen (secondary N) is 2. The quantitative estimate of drug-likeness (QED) is 0.760. The van der Waals surface area contributed by atoms with Crippen LogP contribution in [0, 0.1) is 5.92 Å². The molecule has 1 atom stereocenters. The maximum Gasteiger partial charge on any atom is 0.225 e. The molecule has 5 heteroatoms. The summed E-state index contributed by atoms with van der Waals surface area (Å²) in [5.74, 6) is 0.753. The molecule has 0 bridgehead atoms. The highest BCUT2D eigenvalue weighted by Gasteiger charge is 2.35. The number of carbonyl (C=O) groups excluding carboxylic acids is 2. The van der Waals surface area contributed by atoms with Crippen molar-refractivity contribution in [2.75, 3.05) is 19.6 Å². The second-order valence-electron chi connectivity index (χ2n) is 6.10. The van der Waals surface area contributed by atoms with Crippen LogP contribution in [0.5, 0.6) is 0 Å². The number of likely N-dealkylation sites (tertiary alicyclic amines) is 1. The third kappa shape index (κ3) is 4.47. The molecule has 2 fully saturated rings. The summed E-state index contributed by atoms with van der Waals surface area (Å²) in [5, 5.41) is 6.34. The van der Waals surface area contributed by atoms with Crippen molar-refractivity contribution in [2.45, 2.75) is 58.0 Å². The largest absolute Gasteiger partial charge is 0.353 e. The molecule has 1 unspecified atom stereocenters. The van der Waals surface area contributed by atoms with Gasteiger partial charge in [-0.05, 0) is 39.2 Å². The monoisotopic (exact) mass is 281 g/mol. The lowest BCUT2D eigenvalue weighted by molar-refractivity contribution is -0.133. The molecule has 1 saturated heterocycles. The average molecular weight is 281 g/mol. The molecule has 1 aliphatic heterocycles. The number of carbonyl (C=O) groups is 2. The van der Waals surface area contributed by atoms with Crippen LogP contribution in [0.25, 0.3) is 0 Å². The van der Waals surface area contributed by atoms with Crippen molar-refractivity contribution in [2.24, 2.45) is 5.92 Å². The van der Waals surface area contributed by atoms with E-state index in [-0.39, 0.29) is 18.0 Å². The maximum absolute atomic E-state index is 11.9. The highest BCUT2D eigenvalue weighted by Crippen LogP contribution is 2.31. The molecule has 20 heavy (non-hydrogen) atoms. The maximum atomic E-state index is 11.9. The zero-order valence-corrected chi connectivity index (χ0v) is 12.7. The number of rotatable bonds is 6. The van der Waals surface area contributed by atoms with Crippen LogP contribution < -0.4 is 10.6 Å². The predicted octanol–water partition coefficient (Wildman–Crippen LogP) is 0.892. The summed E-state index contributed by atoms with van der Waals surface area (Å²) < 4.78 is 0. The van der Waals surface area contributed by atoms with Gasteiger partial charge in [0, 0.05) is 37.5 Å². The molecule has 2 rings (SSSR count). The molecule has 114 valence electrons. The minimum absolute atomic E-state index is 0.116. The third-order valence-corrected chi connectivity index (χ3v) is 4.14. The SMILES string of the molecule is CCNC(C)CC(=O)NC1CCN(C(=O)C2CC2)CC1. The Labute approximate surface area is 121 Å². The van der Waals surface area contributed by atoms with Crippen LogP contribution in [0.4, 0.5) is 0 Å². The van der Waals surface area contributed by atoms with Gasteiger partial charge in [0.25, 0.3) is 0 Å². The van der Waals surface area contributed by atoms with E-state index in [2.05, 4.69) is 10.6 Å². The Bertz CT molecular complexity index is 347. The van der Waals surface area contributed by atoms with Crippen molar-refractivity contribution < 1.29 is 9.59 Å². The van der Waals surface area contributed by atoms with E-state index in [1.807, 2.05) is 18.7 Å². The smallest absolute Gasteiger partial charge is 0.225 e. The molecule has 0 aromatic carbocycles. The number of hydrogen-bond donors (Lipinski definition) is 2. The molecule has 2 aliphatic rings. The summed E-state index contributed by atoms with van der Waals surface area (Å²) in [4.78, 5) is 25.8. The number of hydrogen-bond acceptors (Lipinski definition) is 3. The zero-order valence-electron chi connectivity index (χ0n) is 12.7. The second kappa shape index (κ2) is 7.07. The molecule has 2 amide bonds. The van der Waals surface area contributed by atoms with Crippen LogP contribution in [-0.2, 0) is 9.59 Å². The standard InChI is InChI=1S/C15H27N3O2/c1-3-16-11(2)10-14(19)17-13-6-8-18(9-7-13)15(20)12-4-5-12/h11-13,16H,3-10H2,1-2H3,(H,17,19). The van der Waals surface area contributed by atoms with Gasteiger partial charge in [-0.15, -0.1) is 0 Å². The van der Waals surface area contributed by atoms with E-state index >= 15 is 0 Å². The van der Waals surface area contributed by atoms with Gasteiger partial charge in [-0.1, -0.05) is 6.92 Å². The summed E-state index contributed by atoms with van der Waals surface area (Å²) in [6.07, 6.45) is 4.43. The van der Waals surface area contributed by atoms with Crippen molar-refractivity contribution in [1.29, 1.82) is 0 Å². The molecular weight excluding hydrogens is 254 g/mol. The highest BCUT2D eigenvalue weighted by atomic mass is 16.2. The van der Waals surface area contributed by atoms with Crippen molar-refractivity contribution in [3.8, 4) is 0 Å². The first-order chi connectivity index (χ1) is 9.60. The van der Waals surface area contributed by atoms with E-state index in [1.165, 1.54) is 0 Å². The van der Waals surface area contributed by atoms with E-state index < -0.39 is 0 Å². The molecule has 0 aromatic heterocycles. The van der Waals surface area contributed by atoms with Crippen LogP contribution in [0.1, 0.15) is 46.0 Å². The minimum atomic E-state index is 0.116. The van der Waals surface area contributed by atoms with Gasteiger partial charge in [0.05, 0.1) is 0 Å². The Morgan fingerprint density at radius 1 is 1.20 bits per heavy atom. The van der Waals surface area contributed by atoms with Crippen molar-refractivity contribution >= 4 is 11.8 Å². The fraction of sp³-hybridized carbons (Fsp3) is 0.867. The molecule has 1 aliphatic carbocycles. The lowest BCUT2D eigenvalue weighted by atomic mass is 10.0. The Morgan fingerprint density at radius 2 is 1.85 bits per heavy atom. The summed E-state index contributed by atoms with van der Waals surface area (Å²) in [6.45, 7) is 6.54. The summed E-state index contributed by atoms with van der Waals surface area (Å²) in [5.41, 5.74) is 0. The normalized spacial score (nSPS) is 21.6. The molecular formula is C15H27N3O2. The van der Waals surface area contributed by atoms with E-state index in [9.17, 15) is 9.59 Å². The molecule has 0 aromatic rings. The number of nitrogens with zero attached hydrogens (tertiary/aromatic N) is 1. The Balaban J connectivity index is 1.66. The topological polar surface area (TPSA) is 61.4 Å². The van der Waals surface area contributed by atoms with E-state index in [1.54, 1.807) is 0 Å². The molecule has 5 nitrogen and oxygen atoms in total. The summed E-state index contributed by atoms with van der Waals surface area (Å²) >= 11 is 0. The molecule has 1 saturated carbocycles. The van der Waals surface area contributed by atoms with Crippen LogP contribution in [-0.4, -0.2) is 48.4 Å². The van der Waals surface area contributed by atoms with E-state index in [4.69, 9.17) is 0 Å². The van der Waals surface area contributed by atoms with Crippen molar-refractivity contribution in [1.82, 2.24) is 15.5 Å². The highest BCUT2D eigenvalue weighted by molar-refractivity contribution is 5.81. The predicted molar refractivity (Wildman–Crippen MR) is 78.2 cm³/mol. The molecule has 2 N–H and O–H groups in total. The van der Waals surface area contributed by atoms with Gasteiger partial charge >= 0.3 is 0 Å². The van der Waals surface area contributed by atoms with E-state index in [0.717, 1.165) is 45.3 Å². The van der Waals surface area contributed by atoms with Gasteiger partial charge in [0.2, 0.25) is 11.8 Å². The van der Waals surface area contributed by atoms with Gasteiger partial charge in [-0.2, -0.15) is 0 Å². The Morgan fingerprint density at radius 3 is 2.40 bits per heavy atom.